The highest BCUT2D eigenvalue weighted by Gasteiger charge is 2.09. The smallest absolute Gasteiger partial charge is 0.128 e. The van der Waals surface area contributed by atoms with Crippen LogP contribution in [-0.2, 0) is 0 Å². The van der Waals surface area contributed by atoms with Gasteiger partial charge in [0.05, 0.1) is 6.10 Å². The van der Waals surface area contributed by atoms with Gasteiger partial charge in [0.25, 0.3) is 0 Å². The van der Waals surface area contributed by atoms with E-state index in [1.165, 1.54) is 5.56 Å². The molecule has 0 aliphatic carbocycles. The van der Waals surface area contributed by atoms with Gasteiger partial charge in [-0.05, 0) is 74.6 Å². The number of ether oxygens (including phenoxy) is 2. The Hall–Kier alpha value is -1.96. The lowest BCUT2D eigenvalue weighted by Crippen LogP contribution is -2.08. The van der Waals surface area contributed by atoms with Gasteiger partial charge < -0.3 is 9.47 Å². The highest BCUT2D eigenvalue weighted by molar-refractivity contribution is 5.47. The molecule has 2 nitrogen and oxygen atoms in total. The summed E-state index contributed by atoms with van der Waals surface area (Å²) < 4.78 is 11.8. The maximum atomic E-state index is 5.98. The maximum absolute atomic E-state index is 5.98. The summed E-state index contributed by atoms with van der Waals surface area (Å²) in [7, 11) is 0. The molecule has 0 atom stereocenters. The topological polar surface area (TPSA) is 18.5 Å². The average molecular weight is 298 g/mol. The minimum Gasteiger partial charge on any atom is -0.490 e. The molecule has 0 bridgehead atoms. The predicted octanol–water partition coefficient (Wildman–Crippen LogP) is 6.01. The Bertz CT molecular complexity index is 602. The Morgan fingerprint density at radius 3 is 1.77 bits per heavy atom. The normalized spacial score (nSPS) is 11.1. The second kappa shape index (κ2) is 6.87. The molecule has 2 heteroatoms. The summed E-state index contributed by atoms with van der Waals surface area (Å²) in [6, 6.07) is 12.4. The quantitative estimate of drug-likeness (QED) is 0.673. The van der Waals surface area contributed by atoms with E-state index in [2.05, 4.69) is 39.8 Å². The number of rotatable bonds is 5. The van der Waals surface area contributed by atoms with E-state index >= 15 is 0 Å². The van der Waals surface area contributed by atoms with E-state index in [-0.39, 0.29) is 6.10 Å². The zero-order valence-corrected chi connectivity index (χ0v) is 14.4. The van der Waals surface area contributed by atoms with Crippen molar-refractivity contribution in [2.75, 3.05) is 0 Å². The first kappa shape index (κ1) is 16.4. The van der Waals surface area contributed by atoms with Crippen LogP contribution >= 0.6 is 0 Å². The monoisotopic (exact) mass is 298 g/mol. The van der Waals surface area contributed by atoms with Gasteiger partial charge in [0.2, 0.25) is 0 Å². The minimum atomic E-state index is 0.174. The molecule has 0 aliphatic rings. The van der Waals surface area contributed by atoms with E-state index in [4.69, 9.17) is 9.47 Å². The van der Waals surface area contributed by atoms with E-state index in [1.54, 1.807) is 0 Å². The van der Waals surface area contributed by atoms with Gasteiger partial charge in [-0.1, -0.05) is 26.0 Å². The van der Waals surface area contributed by atoms with Crippen molar-refractivity contribution in [3.8, 4) is 17.2 Å². The average Bonchev–Trinajstić information content (AvgIpc) is 2.43. The lowest BCUT2D eigenvalue weighted by atomic mass is 10.0. The minimum absolute atomic E-state index is 0.174. The summed E-state index contributed by atoms with van der Waals surface area (Å²) in [6.07, 6.45) is 0.174. The van der Waals surface area contributed by atoms with Crippen LogP contribution in [0.5, 0.6) is 17.2 Å². The van der Waals surface area contributed by atoms with Gasteiger partial charge >= 0.3 is 0 Å². The van der Waals surface area contributed by atoms with E-state index in [0.717, 1.165) is 28.4 Å². The Morgan fingerprint density at radius 1 is 0.773 bits per heavy atom. The van der Waals surface area contributed by atoms with Crippen molar-refractivity contribution in [2.24, 2.45) is 0 Å². The van der Waals surface area contributed by atoms with Crippen LogP contribution < -0.4 is 9.47 Å². The predicted molar refractivity (Wildman–Crippen MR) is 92.3 cm³/mol. The maximum Gasteiger partial charge on any atom is 0.128 e. The molecule has 118 valence electrons. The van der Waals surface area contributed by atoms with Crippen molar-refractivity contribution in [1.29, 1.82) is 0 Å². The van der Waals surface area contributed by atoms with Gasteiger partial charge in [0.1, 0.15) is 17.2 Å². The number of benzene rings is 2. The second-order valence-electron chi connectivity index (χ2n) is 6.38. The highest BCUT2D eigenvalue weighted by atomic mass is 16.5. The second-order valence-corrected chi connectivity index (χ2v) is 6.38. The van der Waals surface area contributed by atoms with E-state index in [0.29, 0.717) is 5.92 Å². The van der Waals surface area contributed by atoms with Crippen LogP contribution in [0.15, 0.2) is 36.4 Å². The molecule has 2 aromatic rings. The molecule has 0 saturated carbocycles. The van der Waals surface area contributed by atoms with Crippen molar-refractivity contribution in [3.05, 3.63) is 53.1 Å². The molecular weight excluding hydrogens is 272 g/mol. The van der Waals surface area contributed by atoms with Gasteiger partial charge in [-0.2, -0.15) is 0 Å². The molecule has 2 aromatic carbocycles. The van der Waals surface area contributed by atoms with Gasteiger partial charge in [-0.15, -0.1) is 0 Å². The van der Waals surface area contributed by atoms with Crippen molar-refractivity contribution in [1.82, 2.24) is 0 Å². The van der Waals surface area contributed by atoms with E-state index < -0.39 is 0 Å². The molecular formula is C20H26O2. The Kier molecular flexibility index (Phi) is 5.12. The largest absolute Gasteiger partial charge is 0.490 e. The first-order chi connectivity index (χ1) is 10.4. The number of aryl methyl sites for hydroxylation is 2. The number of hydrogen-bond acceptors (Lipinski definition) is 2. The SMILES string of the molecule is Cc1cc(Oc2ccc(C(C)C)cc2)cc(C)c1OC(C)C. The van der Waals surface area contributed by atoms with Crippen LogP contribution in [0.3, 0.4) is 0 Å². The fourth-order valence-electron chi connectivity index (χ4n) is 2.45. The molecule has 2 rings (SSSR count). The summed E-state index contributed by atoms with van der Waals surface area (Å²) in [5, 5.41) is 0. The summed E-state index contributed by atoms with van der Waals surface area (Å²) >= 11 is 0. The molecule has 0 fully saturated rings. The standard InChI is InChI=1S/C20H26O2/c1-13(2)17-7-9-18(10-8-17)22-19-11-15(5)20(16(6)12-19)21-14(3)4/h7-14H,1-6H3. The zero-order valence-electron chi connectivity index (χ0n) is 14.4. The van der Waals surface area contributed by atoms with Crippen LogP contribution in [0.4, 0.5) is 0 Å². The first-order valence-electron chi connectivity index (χ1n) is 7.92. The molecule has 0 unspecified atom stereocenters. The first-order valence-corrected chi connectivity index (χ1v) is 7.92. The van der Waals surface area contributed by atoms with Crippen LogP contribution in [0.1, 0.15) is 50.3 Å². The van der Waals surface area contributed by atoms with Crippen LogP contribution in [0, 0.1) is 13.8 Å². The van der Waals surface area contributed by atoms with Crippen LogP contribution in [0.2, 0.25) is 0 Å². The summed E-state index contributed by atoms with van der Waals surface area (Å²) in [5.41, 5.74) is 3.52. The molecule has 0 radical (unpaired) electrons. The third kappa shape index (κ3) is 4.03. The Balaban J connectivity index is 2.19. The molecule has 22 heavy (non-hydrogen) atoms. The van der Waals surface area contributed by atoms with Crippen molar-refractivity contribution >= 4 is 0 Å². The fourth-order valence-corrected chi connectivity index (χ4v) is 2.45. The zero-order chi connectivity index (χ0) is 16.3. The van der Waals surface area contributed by atoms with Gasteiger partial charge in [-0.25, -0.2) is 0 Å². The van der Waals surface area contributed by atoms with Crippen LogP contribution in [-0.4, -0.2) is 6.10 Å². The Morgan fingerprint density at radius 2 is 1.32 bits per heavy atom. The Labute approximate surface area is 134 Å². The lowest BCUT2D eigenvalue weighted by Gasteiger charge is -2.17. The molecule has 0 amide bonds. The summed E-state index contributed by atoms with van der Waals surface area (Å²) in [4.78, 5) is 0. The molecule has 0 heterocycles. The van der Waals surface area contributed by atoms with Crippen LogP contribution in [0.25, 0.3) is 0 Å². The van der Waals surface area contributed by atoms with Gasteiger partial charge in [-0.3, -0.25) is 0 Å². The lowest BCUT2D eigenvalue weighted by molar-refractivity contribution is 0.239. The van der Waals surface area contributed by atoms with Crippen molar-refractivity contribution in [2.45, 2.75) is 53.6 Å². The summed E-state index contributed by atoms with van der Waals surface area (Å²) in [5.74, 6) is 3.20. The van der Waals surface area contributed by atoms with Crippen molar-refractivity contribution in [3.63, 3.8) is 0 Å². The molecule has 0 aliphatic heterocycles. The molecule has 0 saturated heterocycles. The van der Waals surface area contributed by atoms with E-state index in [1.807, 2.05) is 38.1 Å². The highest BCUT2D eigenvalue weighted by Crippen LogP contribution is 2.32. The van der Waals surface area contributed by atoms with Gasteiger partial charge in [0, 0.05) is 0 Å². The van der Waals surface area contributed by atoms with Gasteiger partial charge in [0.15, 0.2) is 0 Å². The third-order valence-electron chi connectivity index (χ3n) is 3.57. The molecule has 0 spiro atoms. The number of hydrogen-bond donors (Lipinski definition) is 0. The molecule has 0 N–H and O–H groups in total. The summed E-state index contributed by atoms with van der Waals surface area (Å²) in [6.45, 7) is 12.6. The van der Waals surface area contributed by atoms with E-state index in [9.17, 15) is 0 Å². The third-order valence-corrected chi connectivity index (χ3v) is 3.57. The fraction of sp³-hybridized carbons (Fsp3) is 0.400. The van der Waals surface area contributed by atoms with Crippen molar-refractivity contribution < 1.29 is 9.47 Å². The molecule has 0 aromatic heterocycles.